The van der Waals surface area contributed by atoms with Gasteiger partial charge in [0.25, 0.3) is 10.0 Å². The summed E-state index contributed by atoms with van der Waals surface area (Å²) in [5, 5.41) is 3.58. The average Bonchev–Trinajstić information content (AvgIpc) is 2.80. The molecule has 1 aromatic heterocycles. The largest absolute Gasteiger partial charge is 0.371 e. The number of sulfonamides is 1. The zero-order valence-corrected chi connectivity index (χ0v) is 18.7. The van der Waals surface area contributed by atoms with E-state index in [4.69, 9.17) is 11.6 Å². The van der Waals surface area contributed by atoms with Gasteiger partial charge < -0.3 is 10.2 Å². The van der Waals surface area contributed by atoms with Crippen molar-refractivity contribution in [1.29, 1.82) is 0 Å². The van der Waals surface area contributed by atoms with Gasteiger partial charge in [0, 0.05) is 47.8 Å². The molecular weight excluding hydrogens is 450 g/mol. The van der Waals surface area contributed by atoms with Crippen molar-refractivity contribution >= 4 is 44.9 Å². The minimum atomic E-state index is -3.82. The van der Waals surface area contributed by atoms with Gasteiger partial charge in [-0.25, -0.2) is 23.1 Å². The molecule has 3 aromatic rings. The van der Waals surface area contributed by atoms with E-state index in [1.165, 1.54) is 24.5 Å². The molecule has 10 heteroatoms. The van der Waals surface area contributed by atoms with Gasteiger partial charge >= 0.3 is 0 Å². The number of hydrogen-bond donors (Lipinski definition) is 2. The summed E-state index contributed by atoms with van der Waals surface area (Å²) in [5.74, 6) is -0.179. The number of halogens is 1. The molecule has 0 radical (unpaired) electrons. The van der Waals surface area contributed by atoms with Crippen molar-refractivity contribution in [3.05, 3.63) is 72.0 Å². The summed E-state index contributed by atoms with van der Waals surface area (Å²) >= 11 is 6.07. The summed E-state index contributed by atoms with van der Waals surface area (Å²) in [6, 6.07) is 15.3. The predicted octanol–water partition coefficient (Wildman–Crippen LogP) is 3.79. The van der Waals surface area contributed by atoms with E-state index in [1.54, 1.807) is 18.2 Å². The minimum absolute atomic E-state index is 0.00556. The number of hydrogen-bond acceptors (Lipinski definition) is 6. The Balaban J connectivity index is 1.33. The lowest BCUT2D eigenvalue weighted by molar-refractivity contribution is -0.120. The molecule has 1 saturated heterocycles. The van der Waals surface area contributed by atoms with Crippen LogP contribution in [0.4, 0.5) is 17.3 Å². The third-order valence-corrected chi connectivity index (χ3v) is 6.84. The van der Waals surface area contributed by atoms with Crippen LogP contribution >= 0.6 is 11.6 Å². The number of aromatic nitrogens is 2. The number of nitrogens with zero attached hydrogens (tertiary/aromatic N) is 3. The first-order chi connectivity index (χ1) is 15.4. The Bertz CT molecular complexity index is 1180. The van der Waals surface area contributed by atoms with Gasteiger partial charge in [-0.2, -0.15) is 0 Å². The Labute approximate surface area is 191 Å². The number of carbonyl (C=O) groups excluding carboxylic acids is 1. The van der Waals surface area contributed by atoms with Crippen LogP contribution in [0, 0.1) is 5.92 Å². The van der Waals surface area contributed by atoms with E-state index in [1.807, 2.05) is 24.3 Å². The normalized spacial score (nSPS) is 14.7. The molecule has 8 nitrogen and oxygen atoms in total. The van der Waals surface area contributed by atoms with Crippen LogP contribution in [0.15, 0.2) is 71.9 Å². The van der Waals surface area contributed by atoms with E-state index in [9.17, 15) is 13.2 Å². The second-order valence-corrected chi connectivity index (χ2v) is 9.55. The number of anilines is 3. The molecule has 0 spiro atoms. The molecule has 0 atom stereocenters. The van der Waals surface area contributed by atoms with Crippen LogP contribution in [0.2, 0.25) is 5.02 Å². The zero-order valence-electron chi connectivity index (χ0n) is 17.1. The van der Waals surface area contributed by atoms with E-state index < -0.39 is 10.0 Å². The van der Waals surface area contributed by atoms with Gasteiger partial charge in [-0.3, -0.25) is 4.79 Å². The molecular formula is C22H22ClN5O3S. The van der Waals surface area contributed by atoms with Crippen molar-refractivity contribution in [3.8, 4) is 0 Å². The lowest BCUT2D eigenvalue weighted by Crippen LogP contribution is -2.38. The molecule has 1 aliphatic heterocycles. The number of nitrogens with one attached hydrogen (secondary N) is 2. The molecule has 166 valence electrons. The summed E-state index contributed by atoms with van der Waals surface area (Å²) in [7, 11) is -3.82. The third kappa shape index (κ3) is 5.35. The maximum atomic E-state index is 12.7. The first-order valence-electron chi connectivity index (χ1n) is 10.1. The Morgan fingerprint density at radius 3 is 2.34 bits per heavy atom. The van der Waals surface area contributed by atoms with Crippen LogP contribution in [0.5, 0.6) is 0 Å². The summed E-state index contributed by atoms with van der Waals surface area (Å²) in [5.41, 5.74) is 1.60. The summed E-state index contributed by atoms with van der Waals surface area (Å²) in [4.78, 5) is 22.7. The van der Waals surface area contributed by atoms with Crippen LogP contribution in [0.1, 0.15) is 12.8 Å². The molecule has 0 unspecified atom stereocenters. The Hall–Kier alpha value is -3.17. The smallest absolute Gasteiger partial charge is 0.264 e. The molecule has 2 aromatic carbocycles. The second kappa shape index (κ2) is 9.54. The maximum absolute atomic E-state index is 12.7. The van der Waals surface area contributed by atoms with Crippen LogP contribution < -0.4 is 14.9 Å². The Morgan fingerprint density at radius 2 is 1.69 bits per heavy atom. The van der Waals surface area contributed by atoms with Gasteiger partial charge in [-0.1, -0.05) is 17.7 Å². The SMILES string of the molecule is O=C(Nc1ccc(S(=O)(=O)Nc2ncccn2)cc1)C1CCN(c2cccc(Cl)c2)CC1. The topological polar surface area (TPSA) is 104 Å². The summed E-state index contributed by atoms with van der Waals surface area (Å²) in [6.45, 7) is 1.53. The number of amides is 1. The van der Waals surface area contributed by atoms with Gasteiger partial charge in [0.15, 0.2) is 0 Å². The van der Waals surface area contributed by atoms with Crippen LogP contribution in [0.25, 0.3) is 0 Å². The van der Waals surface area contributed by atoms with E-state index in [-0.39, 0.29) is 22.7 Å². The molecule has 2 N–H and O–H groups in total. The fourth-order valence-electron chi connectivity index (χ4n) is 3.57. The highest BCUT2D eigenvalue weighted by molar-refractivity contribution is 7.92. The van der Waals surface area contributed by atoms with Crippen LogP contribution in [0.3, 0.4) is 0 Å². The quantitative estimate of drug-likeness (QED) is 0.566. The standard InChI is InChI=1S/C22H22ClN5O3S/c23-17-3-1-4-19(15-17)28-13-9-16(10-14-28)21(29)26-18-5-7-20(8-6-18)32(30,31)27-22-24-11-2-12-25-22/h1-8,11-12,15-16H,9-10,13-14H2,(H,26,29)(H,24,25,27). The molecule has 0 bridgehead atoms. The van der Waals surface area contributed by atoms with Crippen molar-refractivity contribution in [2.75, 3.05) is 28.0 Å². The number of carbonyl (C=O) groups is 1. The van der Waals surface area contributed by atoms with E-state index in [0.717, 1.165) is 31.6 Å². The molecule has 4 rings (SSSR count). The lowest BCUT2D eigenvalue weighted by atomic mass is 9.95. The molecule has 0 saturated carbocycles. The van der Waals surface area contributed by atoms with Crippen molar-refractivity contribution in [3.63, 3.8) is 0 Å². The predicted molar refractivity (Wildman–Crippen MR) is 124 cm³/mol. The number of rotatable bonds is 6. The Morgan fingerprint density at radius 1 is 1.00 bits per heavy atom. The second-order valence-electron chi connectivity index (χ2n) is 7.43. The van der Waals surface area contributed by atoms with Gasteiger partial charge in [-0.05, 0) is 61.4 Å². The van der Waals surface area contributed by atoms with Crippen LogP contribution in [-0.4, -0.2) is 37.4 Å². The highest BCUT2D eigenvalue weighted by atomic mass is 35.5. The molecule has 1 aliphatic rings. The van der Waals surface area contributed by atoms with Crippen molar-refractivity contribution < 1.29 is 13.2 Å². The maximum Gasteiger partial charge on any atom is 0.264 e. The van der Waals surface area contributed by atoms with Gasteiger partial charge in [0.05, 0.1) is 4.90 Å². The van der Waals surface area contributed by atoms with Crippen LogP contribution in [-0.2, 0) is 14.8 Å². The number of benzene rings is 2. The molecule has 1 amide bonds. The highest BCUT2D eigenvalue weighted by Gasteiger charge is 2.25. The molecule has 2 heterocycles. The lowest BCUT2D eigenvalue weighted by Gasteiger charge is -2.33. The first kappa shape index (κ1) is 22.0. The van der Waals surface area contributed by atoms with Crippen molar-refractivity contribution in [1.82, 2.24) is 9.97 Å². The highest BCUT2D eigenvalue weighted by Crippen LogP contribution is 2.26. The zero-order chi connectivity index (χ0) is 22.6. The minimum Gasteiger partial charge on any atom is -0.371 e. The molecule has 1 fully saturated rings. The van der Waals surface area contributed by atoms with Crippen molar-refractivity contribution in [2.45, 2.75) is 17.7 Å². The van der Waals surface area contributed by atoms with Crippen molar-refractivity contribution in [2.24, 2.45) is 5.92 Å². The molecule has 32 heavy (non-hydrogen) atoms. The first-order valence-corrected chi connectivity index (χ1v) is 12.0. The average molecular weight is 472 g/mol. The third-order valence-electron chi connectivity index (χ3n) is 5.26. The van der Waals surface area contributed by atoms with E-state index >= 15 is 0 Å². The Kier molecular flexibility index (Phi) is 6.57. The molecule has 0 aliphatic carbocycles. The summed E-state index contributed by atoms with van der Waals surface area (Å²) in [6.07, 6.45) is 4.35. The number of piperidine rings is 1. The van der Waals surface area contributed by atoms with E-state index in [2.05, 4.69) is 24.9 Å². The van der Waals surface area contributed by atoms with Gasteiger partial charge in [0.1, 0.15) is 0 Å². The van der Waals surface area contributed by atoms with Gasteiger partial charge in [0.2, 0.25) is 11.9 Å². The van der Waals surface area contributed by atoms with E-state index in [0.29, 0.717) is 10.7 Å². The summed E-state index contributed by atoms with van der Waals surface area (Å²) < 4.78 is 27.2. The fraction of sp³-hybridized carbons (Fsp3) is 0.227. The van der Waals surface area contributed by atoms with Gasteiger partial charge in [-0.15, -0.1) is 0 Å². The fourth-order valence-corrected chi connectivity index (χ4v) is 4.71. The monoisotopic (exact) mass is 471 g/mol.